The number of nitrogens with zero attached hydrogens (tertiary/aromatic N) is 1. The molecule has 1 aliphatic rings. The quantitative estimate of drug-likeness (QED) is 0.930. The molecule has 130 valence electrons. The molecule has 1 heterocycles. The number of carbonyl (C=O) groups is 2. The van der Waals surface area contributed by atoms with E-state index in [9.17, 15) is 14.0 Å². The van der Waals surface area contributed by atoms with E-state index in [-0.39, 0.29) is 30.1 Å². The molecule has 2 amide bonds. The Kier molecular flexibility index (Phi) is 4.83. The Morgan fingerprint density at radius 1 is 1.20 bits per heavy atom. The van der Waals surface area contributed by atoms with Gasteiger partial charge in [0.05, 0.1) is 12.5 Å². The van der Waals surface area contributed by atoms with Gasteiger partial charge in [-0.25, -0.2) is 4.39 Å². The van der Waals surface area contributed by atoms with Gasteiger partial charge in [0, 0.05) is 18.7 Å². The van der Waals surface area contributed by atoms with Crippen LogP contribution in [0.25, 0.3) is 0 Å². The molecule has 2 aromatic carbocycles. The van der Waals surface area contributed by atoms with Crippen LogP contribution < -0.4 is 10.2 Å². The first-order valence-electron chi connectivity index (χ1n) is 8.34. The van der Waals surface area contributed by atoms with E-state index < -0.39 is 0 Å². The van der Waals surface area contributed by atoms with Gasteiger partial charge in [0.2, 0.25) is 11.8 Å². The number of amides is 2. The Labute approximate surface area is 146 Å². The van der Waals surface area contributed by atoms with Gasteiger partial charge in [0.15, 0.2) is 0 Å². The van der Waals surface area contributed by atoms with Crippen LogP contribution >= 0.6 is 0 Å². The highest BCUT2D eigenvalue weighted by molar-refractivity contribution is 5.96. The van der Waals surface area contributed by atoms with Crippen molar-refractivity contribution < 1.29 is 14.0 Å². The number of hydrogen-bond acceptors (Lipinski definition) is 2. The fourth-order valence-electron chi connectivity index (χ4n) is 3.12. The van der Waals surface area contributed by atoms with E-state index in [1.165, 1.54) is 12.1 Å². The molecule has 0 saturated carbocycles. The fraction of sp³-hybridized carbons (Fsp3) is 0.300. The monoisotopic (exact) mass is 340 g/mol. The summed E-state index contributed by atoms with van der Waals surface area (Å²) in [5.41, 5.74) is 3.85. The second kappa shape index (κ2) is 7.05. The lowest BCUT2D eigenvalue weighted by molar-refractivity contribution is -0.121. The molecular formula is C20H21FN2O2. The molecule has 25 heavy (non-hydrogen) atoms. The van der Waals surface area contributed by atoms with Crippen molar-refractivity contribution in [2.75, 3.05) is 11.4 Å². The predicted molar refractivity (Wildman–Crippen MR) is 94.9 cm³/mol. The van der Waals surface area contributed by atoms with Gasteiger partial charge in [0.1, 0.15) is 5.82 Å². The van der Waals surface area contributed by atoms with Crippen LogP contribution in [0.3, 0.4) is 0 Å². The number of rotatable bonds is 4. The molecule has 1 N–H and O–H groups in total. The average molecular weight is 340 g/mol. The molecular weight excluding hydrogens is 319 g/mol. The number of carbonyl (C=O) groups excluding carboxylic acids is 2. The van der Waals surface area contributed by atoms with Gasteiger partial charge in [-0.3, -0.25) is 9.59 Å². The minimum Gasteiger partial charge on any atom is -0.351 e. The highest BCUT2D eigenvalue weighted by Crippen LogP contribution is 2.22. The van der Waals surface area contributed by atoms with Crippen LogP contribution in [-0.4, -0.2) is 24.4 Å². The number of hydrogen-bond donors (Lipinski definition) is 1. The van der Waals surface area contributed by atoms with Crippen molar-refractivity contribution >= 4 is 17.5 Å². The second-order valence-corrected chi connectivity index (χ2v) is 6.56. The van der Waals surface area contributed by atoms with Crippen LogP contribution in [0.5, 0.6) is 0 Å². The summed E-state index contributed by atoms with van der Waals surface area (Å²) >= 11 is 0. The zero-order valence-corrected chi connectivity index (χ0v) is 14.4. The highest BCUT2D eigenvalue weighted by atomic mass is 19.1. The Hall–Kier alpha value is -2.69. The van der Waals surface area contributed by atoms with Gasteiger partial charge in [-0.2, -0.15) is 0 Å². The van der Waals surface area contributed by atoms with E-state index in [2.05, 4.69) is 5.32 Å². The van der Waals surface area contributed by atoms with Crippen molar-refractivity contribution in [3.63, 3.8) is 0 Å². The number of halogens is 1. The fourth-order valence-corrected chi connectivity index (χ4v) is 3.12. The van der Waals surface area contributed by atoms with Crippen LogP contribution in [0, 0.1) is 19.7 Å². The second-order valence-electron chi connectivity index (χ2n) is 6.56. The first kappa shape index (κ1) is 17.1. The van der Waals surface area contributed by atoms with E-state index in [1.54, 1.807) is 17.0 Å². The number of aryl methyl sites for hydroxylation is 2. The third-order valence-electron chi connectivity index (χ3n) is 4.48. The van der Waals surface area contributed by atoms with E-state index in [1.807, 2.05) is 32.0 Å². The number of benzene rings is 2. The molecule has 0 aliphatic carbocycles. The molecule has 1 aliphatic heterocycles. The predicted octanol–water partition coefficient (Wildman–Crippen LogP) is 2.91. The average Bonchev–Trinajstić information content (AvgIpc) is 2.92. The topological polar surface area (TPSA) is 49.4 Å². The summed E-state index contributed by atoms with van der Waals surface area (Å²) in [6, 6.07) is 11.6. The first-order valence-corrected chi connectivity index (χ1v) is 8.34. The van der Waals surface area contributed by atoms with Crippen LogP contribution in [-0.2, 0) is 16.0 Å². The normalized spacial score (nSPS) is 17.0. The zero-order chi connectivity index (χ0) is 18.0. The molecule has 0 bridgehead atoms. The molecule has 3 rings (SSSR count). The number of nitrogens with one attached hydrogen (secondary N) is 1. The summed E-state index contributed by atoms with van der Waals surface area (Å²) in [6.07, 6.45) is 0.560. The van der Waals surface area contributed by atoms with Crippen molar-refractivity contribution in [2.24, 2.45) is 0 Å². The van der Waals surface area contributed by atoms with E-state index in [0.717, 1.165) is 16.7 Å². The molecule has 0 radical (unpaired) electrons. The van der Waals surface area contributed by atoms with Gasteiger partial charge >= 0.3 is 0 Å². The Bertz CT molecular complexity index is 802. The summed E-state index contributed by atoms with van der Waals surface area (Å²) in [5, 5.41) is 2.94. The SMILES string of the molecule is Cc1ccc(C)c(CC(=O)NC2CC(=O)N(c3ccc(F)cc3)C2)c1. The third kappa shape index (κ3) is 4.05. The van der Waals surface area contributed by atoms with Gasteiger partial charge in [-0.1, -0.05) is 23.8 Å². The molecule has 1 fully saturated rings. The van der Waals surface area contributed by atoms with Crippen LogP contribution in [0.1, 0.15) is 23.1 Å². The third-order valence-corrected chi connectivity index (χ3v) is 4.48. The van der Waals surface area contributed by atoms with Gasteiger partial charge in [-0.15, -0.1) is 0 Å². The minimum absolute atomic E-state index is 0.0661. The van der Waals surface area contributed by atoms with E-state index in [4.69, 9.17) is 0 Å². The Morgan fingerprint density at radius 3 is 2.64 bits per heavy atom. The van der Waals surface area contributed by atoms with Gasteiger partial charge in [-0.05, 0) is 49.2 Å². The highest BCUT2D eigenvalue weighted by Gasteiger charge is 2.31. The largest absolute Gasteiger partial charge is 0.351 e. The van der Waals surface area contributed by atoms with E-state index >= 15 is 0 Å². The maximum atomic E-state index is 13.0. The summed E-state index contributed by atoms with van der Waals surface area (Å²) in [4.78, 5) is 26.1. The van der Waals surface area contributed by atoms with Crippen molar-refractivity contribution in [1.82, 2.24) is 5.32 Å². The first-order chi connectivity index (χ1) is 11.9. The summed E-state index contributed by atoms with van der Waals surface area (Å²) < 4.78 is 13.0. The molecule has 5 heteroatoms. The van der Waals surface area contributed by atoms with Crippen molar-refractivity contribution in [3.05, 3.63) is 65.0 Å². The molecule has 1 unspecified atom stereocenters. The van der Waals surface area contributed by atoms with Crippen LogP contribution in [0.4, 0.5) is 10.1 Å². The molecule has 4 nitrogen and oxygen atoms in total. The van der Waals surface area contributed by atoms with Crippen molar-refractivity contribution in [1.29, 1.82) is 0 Å². The smallest absolute Gasteiger partial charge is 0.229 e. The molecule has 0 spiro atoms. The Balaban J connectivity index is 1.62. The molecule has 0 aromatic heterocycles. The zero-order valence-electron chi connectivity index (χ0n) is 14.4. The van der Waals surface area contributed by atoms with Crippen molar-refractivity contribution in [3.8, 4) is 0 Å². The lowest BCUT2D eigenvalue weighted by atomic mass is 10.0. The molecule has 2 aromatic rings. The minimum atomic E-state index is -0.339. The van der Waals surface area contributed by atoms with Crippen molar-refractivity contribution in [2.45, 2.75) is 32.7 Å². The van der Waals surface area contributed by atoms with Crippen LogP contribution in [0.15, 0.2) is 42.5 Å². The van der Waals surface area contributed by atoms with Gasteiger partial charge < -0.3 is 10.2 Å². The maximum absolute atomic E-state index is 13.0. The van der Waals surface area contributed by atoms with E-state index in [0.29, 0.717) is 18.7 Å². The Morgan fingerprint density at radius 2 is 1.92 bits per heavy atom. The molecule has 1 atom stereocenters. The summed E-state index contributed by atoms with van der Waals surface area (Å²) in [5.74, 6) is -0.495. The summed E-state index contributed by atoms with van der Waals surface area (Å²) in [6.45, 7) is 4.39. The standard InChI is InChI=1S/C20H21FN2O2/c1-13-3-4-14(2)15(9-13)10-19(24)22-17-11-20(25)23(12-17)18-7-5-16(21)6-8-18/h3-9,17H,10-12H2,1-2H3,(H,22,24). The lowest BCUT2D eigenvalue weighted by Gasteiger charge is -2.17. The molecule has 1 saturated heterocycles. The lowest BCUT2D eigenvalue weighted by Crippen LogP contribution is -2.38. The van der Waals surface area contributed by atoms with Gasteiger partial charge in [0.25, 0.3) is 0 Å². The maximum Gasteiger partial charge on any atom is 0.229 e. The number of anilines is 1. The summed E-state index contributed by atoms with van der Waals surface area (Å²) in [7, 11) is 0. The van der Waals surface area contributed by atoms with Crippen LogP contribution in [0.2, 0.25) is 0 Å².